The summed E-state index contributed by atoms with van der Waals surface area (Å²) in [5.41, 5.74) is 3.81. The second kappa shape index (κ2) is 3.49. The van der Waals surface area contributed by atoms with Crippen LogP contribution >= 0.6 is 11.3 Å². The molecule has 2 aromatic rings. The molecule has 0 N–H and O–H groups in total. The number of aromatic nitrogens is 1. The molecule has 0 atom stereocenters. The number of allylic oxidation sites excluding steroid dienone is 1. The summed E-state index contributed by atoms with van der Waals surface area (Å²) in [6, 6.07) is 5.95. The smallest absolute Gasteiger partial charge is 0.142 e. The zero-order valence-electron chi connectivity index (χ0n) is 6.81. The number of carbonyl (C=O) groups excluding carboxylic acids is 1. The van der Waals surface area contributed by atoms with Gasteiger partial charge in [0.15, 0.2) is 0 Å². The van der Waals surface area contributed by atoms with Gasteiger partial charge in [-0.3, -0.25) is 4.79 Å². The molecule has 0 saturated heterocycles. The molecule has 0 aliphatic carbocycles. The minimum absolute atomic E-state index is 0.769. The number of benzene rings is 1. The predicted molar refractivity (Wildman–Crippen MR) is 54.7 cm³/mol. The monoisotopic (exact) mass is 189 g/mol. The molecule has 0 aliphatic heterocycles. The molecular weight excluding hydrogens is 182 g/mol. The van der Waals surface area contributed by atoms with Crippen LogP contribution in [0, 0.1) is 0 Å². The molecule has 0 saturated carbocycles. The standard InChI is InChI=1S/C10H7NOS/c12-5-1-2-8-3-4-10-9(6-8)11-7-13-10/h1-7H. The van der Waals surface area contributed by atoms with Gasteiger partial charge in [0.2, 0.25) is 0 Å². The van der Waals surface area contributed by atoms with Crippen molar-refractivity contribution >= 4 is 33.9 Å². The van der Waals surface area contributed by atoms with Crippen LogP contribution in [0.25, 0.3) is 16.3 Å². The summed E-state index contributed by atoms with van der Waals surface area (Å²) in [5, 5.41) is 0. The van der Waals surface area contributed by atoms with E-state index in [0.29, 0.717) is 0 Å². The number of carbonyl (C=O) groups is 1. The maximum absolute atomic E-state index is 10.1. The highest BCUT2D eigenvalue weighted by molar-refractivity contribution is 7.16. The number of hydrogen-bond donors (Lipinski definition) is 0. The first kappa shape index (κ1) is 8.13. The molecule has 0 bridgehead atoms. The van der Waals surface area contributed by atoms with Gasteiger partial charge in [0.1, 0.15) is 6.29 Å². The van der Waals surface area contributed by atoms with Crippen LogP contribution in [0.4, 0.5) is 0 Å². The molecule has 1 aromatic heterocycles. The summed E-state index contributed by atoms with van der Waals surface area (Å²) in [6.07, 6.45) is 4.02. The normalized spacial score (nSPS) is 11.1. The molecular formula is C10H7NOS. The summed E-state index contributed by atoms with van der Waals surface area (Å²) in [7, 11) is 0. The zero-order valence-corrected chi connectivity index (χ0v) is 7.62. The van der Waals surface area contributed by atoms with Crippen LogP contribution in [0.3, 0.4) is 0 Å². The van der Waals surface area contributed by atoms with Crippen LogP contribution in [0.2, 0.25) is 0 Å². The lowest BCUT2D eigenvalue weighted by Gasteiger charge is -1.91. The molecule has 3 heteroatoms. The lowest BCUT2D eigenvalue weighted by atomic mass is 10.2. The van der Waals surface area contributed by atoms with E-state index in [2.05, 4.69) is 4.98 Å². The van der Waals surface area contributed by atoms with Crippen molar-refractivity contribution in [3.8, 4) is 0 Å². The van der Waals surface area contributed by atoms with Crippen molar-refractivity contribution in [1.82, 2.24) is 4.98 Å². The Bertz CT molecular complexity index is 459. The Morgan fingerprint density at radius 3 is 3.15 bits per heavy atom. The van der Waals surface area contributed by atoms with E-state index in [0.717, 1.165) is 17.4 Å². The van der Waals surface area contributed by atoms with E-state index < -0.39 is 0 Å². The van der Waals surface area contributed by atoms with Crippen LogP contribution in [-0.2, 0) is 4.79 Å². The SMILES string of the molecule is O=CC=Cc1ccc2scnc2c1. The fraction of sp³-hybridized carbons (Fsp3) is 0. The van der Waals surface area contributed by atoms with Gasteiger partial charge in [0.25, 0.3) is 0 Å². The van der Waals surface area contributed by atoms with Gasteiger partial charge in [-0.25, -0.2) is 4.98 Å². The molecule has 0 spiro atoms. The van der Waals surface area contributed by atoms with Gasteiger partial charge in [-0.15, -0.1) is 11.3 Å². The van der Waals surface area contributed by atoms with Gasteiger partial charge in [-0.2, -0.15) is 0 Å². The molecule has 64 valence electrons. The van der Waals surface area contributed by atoms with Crippen LogP contribution in [0.5, 0.6) is 0 Å². The van der Waals surface area contributed by atoms with Crippen molar-refractivity contribution in [2.75, 3.05) is 0 Å². The van der Waals surface area contributed by atoms with Gasteiger partial charge in [-0.05, 0) is 23.8 Å². The Morgan fingerprint density at radius 2 is 2.31 bits per heavy atom. The van der Waals surface area contributed by atoms with Gasteiger partial charge < -0.3 is 0 Å². The molecule has 0 fully saturated rings. The van der Waals surface area contributed by atoms with E-state index >= 15 is 0 Å². The summed E-state index contributed by atoms with van der Waals surface area (Å²) in [6.45, 7) is 0. The molecule has 13 heavy (non-hydrogen) atoms. The molecule has 0 radical (unpaired) electrons. The van der Waals surface area contributed by atoms with Gasteiger partial charge in [0.05, 0.1) is 15.7 Å². The van der Waals surface area contributed by atoms with E-state index in [4.69, 9.17) is 0 Å². The second-order valence-corrected chi connectivity index (χ2v) is 3.46. The summed E-state index contributed by atoms with van der Waals surface area (Å²) in [4.78, 5) is 14.3. The third kappa shape index (κ3) is 1.65. The van der Waals surface area contributed by atoms with Gasteiger partial charge in [-0.1, -0.05) is 12.1 Å². The van der Waals surface area contributed by atoms with Crippen molar-refractivity contribution < 1.29 is 4.79 Å². The molecule has 2 rings (SSSR count). The van der Waals surface area contributed by atoms with E-state index in [1.165, 1.54) is 10.8 Å². The molecule has 1 aromatic carbocycles. The molecule has 1 heterocycles. The first-order valence-corrected chi connectivity index (χ1v) is 4.73. The lowest BCUT2D eigenvalue weighted by molar-refractivity contribution is -0.104. The van der Waals surface area contributed by atoms with Crippen LogP contribution in [-0.4, -0.2) is 11.3 Å². The minimum atomic E-state index is 0.769. The van der Waals surface area contributed by atoms with Crippen LogP contribution in [0.1, 0.15) is 5.56 Å². The quantitative estimate of drug-likeness (QED) is 0.536. The van der Waals surface area contributed by atoms with E-state index in [9.17, 15) is 4.79 Å². The number of rotatable bonds is 2. The van der Waals surface area contributed by atoms with Crippen molar-refractivity contribution in [1.29, 1.82) is 0 Å². The topological polar surface area (TPSA) is 30.0 Å². The average Bonchev–Trinajstić information content (AvgIpc) is 2.61. The van der Waals surface area contributed by atoms with Gasteiger partial charge in [0, 0.05) is 0 Å². The first-order chi connectivity index (χ1) is 6.40. The highest BCUT2D eigenvalue weighted by atomic mass is 32.1. The largest absolute Gasteiger partial charge is 0.299 e. The Morgan fingerprint density at radius 1 is 1.38 bits per heavy atom. The molecule has 0 unspecified atom stereocenters. The Labute approximate surface area is 79.5 Å². The molecule has 0 aliphatic rings. The van der Waals surface area contributed by atoms with Crippen molar-refractivity contribution in [2.24, 2.45) is 0 Å². The average molecular weight is 189 g/mol. The number of hydrogen-bond acceptors (Lipinski definition) is 3. The zero-order chi connectivity index (χ0) is 9.10. The maximum atomic E-state index is 10.1. The van der Waals surface area contributed by atoms with Crippen molar-refractivity contribution in [2.45, 2.75) is 0 Å². The fourth-order valence-corrected chi connectivity index (χ4v) is 1.79. The van der Waals surface area contributed by atoms with E-state index in [-0.39, 0.29) is 0 Å². The number of thiazole rings is 1. The molecule has 0 amide bonds. The highest BCUT2D eigenvalue weighted by Gasteiger charge is 1.95. The highest BCUT2D eigenvalue weighted by Crippen LogP contribution is 2.19. The maximum Gasteiger partial charge on any atom is 0.142 e. The number of fused-ring (bicyclic) bond motifs is 1. The predicted octanol–water partition coefficient (Wildman–Crippen LogP) is 2.51. The Balaban J connectivity index is 2.47. The van der Waals surface area contributed by atoms with Crippen LogP contribution < -0.4 is 0 Å². The van der Waals surface area contributed by atoms with Crippen molar-refractivity contribution in [3.05, 3.63) is 35.3 Å². The third-order valence-corrected chi connectivity index (χ3v) is 2.53. The second-order valence-electron chi connectivity index (χ2n) is 2.57. The summed E-state index contributed by atoms with van der Waals surface area (Å²) < 4.78 is 1.17. The first-order valence-electron chi connectivity index (χ1n) is 3.85. The van der Waals surface area contributed by atoms with Crippen molar-refractivity contribution in [3.63, 3.8) is 0 Å². The molecule has 2 nitrogen and oxygen atoms in total. The van der Waals surface area contributed by atoms with Gasteiger partial charge >= 0.3 is 0 Å². The van der Waals surface area contributed by atoms with Crippen LogP contribution in [0.15, 0.2) is 29.8 Å². The lowest BCUT2D eigenvalue weighted by Crippen LogP contribution is -1.72. The number of nitrogens with zero attached hydrogens (tertiary/aromatic N) is 1. The van der Waals surface area contributed by atoms with E-state index in [1.807, 2.05) is 23.7 Å². The Hall–Kier alpha value is -1.48. The van der Waals surface area contributed by atoms with E-state index in [1.54, 1.807) is 17.4 Å². The summed E-state index contributed by atoms with van der Waals surface area (Å²) in [5.74, 6) is 0. The number of aldehydes is 1. The Kier molecular flexibility index (Phi) is 2.19. The fourth-order valence-electron chi connectivity index (χ4n) is 1.13. The summed E-state index contributed by atoms with van der Waals surface area (Å²) >= 11 is 1.62. The minimum Gasteiger partial charge on any atom is -0.299 e. The third-order valence-electron chi connectivity index (χ3n) is 1.72.